The van der Waals surface area contributed by atoms with Gasteiger partial charge in [0.2, 0.25) is 15.9 Å². The van der Waals surface area contributed by atoms with Crippen LogP contribution in [0.1, 0.15) is 29.6 Å². The summed E-state index contributed by atoms with van der Waals surface area (Å²) in [6.07, 6.45) is 1.95. The summed E-state index contributed by atoms with van der Waals surface area (Å²) in [5.41, 5.74) is 0.853. The van der Waals surface area contributed by atoms with Crippen LogP contribution in [0.3, 0.4) is 0 Å². The highest BCUT2D eigenvalue weighted by atomic mass is 32.2. The molecule has 0 radical (unpaired) electrons. The number of esters is 1. The Balaban J connectivity index is 1.78. The van der Waals surface area contributed by atoms with Crippen LogP contribution in [-0.2, 0) is 19.6 Å². The molecule has 148 valence electrons. The van der Waals surface area contributed by atoms with Crippen LogP contribution in [0.2, 0.25) is 0 Å². The number of sulfonamides is 1. The minimum absolute atomic E-state index is 0.178. The van der Waals surface area contributed by atoms with Crippen LogP contribution in [-0.4, -0.2) is 44.3 Å². The average molecular weight is 402 g/mol. The topological polar surface area (TPSA) is 92.8 Å². The van der Waals surface area contributed by atoms with Crippen molar-refractivity contribution in [2.24, 2.45) is 0 Å². The number of amides is 1. The molecule has 1 amide bonds. The van der Waals surface area contributed by atoms with Gasteiger partial charge in [0.1, 0.15) is 6.04 Å². The summed E-state index contributed by atoms with van der Waals surface area (Å²) in [7, 11) is -2.46. The highest BCUT2D eigenvalue weighted by molar-refractivity contribution is 7.89. The van der Waals surface area contributed by atoms with Crippen molar-refractivity contribution in [3.05, 3.63) is 60.2 Å². The third-order valence-electron chi connectivity index (χ3n) is 4.68. The maximum absolute atomic E-state index is 13.0. The molecule has 1 saturated heterocycles. The van der Waals surface area contributed by atoms with Crippen molar-refractivity contribution in [3.8, 4) is 0 Å². The second kappa shape index (κ2) is 8.53. The van der Waals surface area contributed by atoms with Gasteiger partial charge in [0.25, 0.3) is 0 Å². The normalized spacial score (nSPS) is 17.7. The van der Waals surface area contributed by atoms with Crippen LogP contribution >= 0.6 is 0 Å². The molecule has 1 N–H and O–H groups in total. The fourth-order valence-corrected chi connectivity index (χ4v) is 4.89. The summed E-state index contributed by atoms with van der Waals surface area (Å²) >= 11 is 0. The summed E-state index contributed by atoms with van der Waals surface area (Å²) in [6.45, 7) is 0.302. The molecule has 1 fully saturated rings. The van der Waals surface area contributed by atoms with Crippen LogP contribution in [0.4, 0.5) is 5.69 Å². The zero-order valence-corrected chi connectivity index (χ0v) is 16.3. The largest absolute Gasteiger partial charge is 0.465 e. The number of hydrogen-bond donors (Lipinski definition) is 1. The number of benzene rings is 2. The quantitative estimate of drug-likeness (QED) is 0.776. The Morgan fingerprint density at radius 2 is 1.71 bits per heavy atom. The lowest BCUT2D eigenvalue weighted by Crippen LogP contribution is -2.49. The molecule has 8 heteroatoms. The van der Waals surface area contributed by atoms with Gasteiger partial charge in [-0.2, -0.15) is 4.31 Å². The Bertz CT molecular complexity index is 942. The van der Waals surface area contributed by atoms with Crippen LogP contribution in [0.5, 0.6) is 0 Å². The van der Waals surface area contributed by atoms with Gasteiger partial charge < -0.3 is 10.1 Å². The summed E-state index contributed by atoms with van der Waals surface area (Å²) in [6, 6.07) is 13.6. The van der Waals surface area contributed by atoms with E-state index in [-0.39, 0.29) is 10.8 Å². The van der Waals surface area contributed by atoms with Gasteiger partial charge in [-0.15, -0.1) is 0 Å². The summed E-state index contributed by atoms with van der Waals surface area (Å²) < 4.78 is 31.9. The lowest BCUT2D eigenvalue weighted by molar-refractivity contribution is -0.120. The summed E-state index contributed by atoms with van der Waals surface area (Å²) in [5.74, 6) is -0.852. The van der Waals surface area contributed by atoms with E-state index in [4.69, 9.17) is 0 Å². The van der Waals surface area contributed by atoms with Crippen molar-refractivity contribution in [2.75, 3.05) is 19.0 Å². The number of piperidine rings is 1. The molecule has 0 saturated carbocycles. The molecule has 0 spiro atoms. The molecule has 1 atom stereocenters. The van der Waals surface area contributed by atoms with Crippen molar-refractivity contribution < 1.29 is 22.7 Å². The second-order valence-corrected chi connectivity index (χ2v) is 8.39. The van der Waals surface area contributed by atoms with Gasteiger partial charge in [0.15, 0.2) is 0 Å². The number of rotatable bonds is 5. The highest BCUT2D eigenvalue weighted by Gasteiger charge is 2.37. The number of ether oxygens (including phenoxy) is 1. The zero-order chi connectivity index (χ0) is 20.1. The molecule has 0 unspecified atom stereocenters. The Kier molecular flexibility index (Phi) is 6.11. The minimum Gasteiger partial charge on any atom is -0.465 e. The van der Waals surface area contributed by atoms with E-state index in [0.29, 0.717) is 30.6 Å². The Morgan fingerprint density at radius 3 is 2.36 bits per heavy atom. The van der Waals surface area contributed by atoms with E-state index in [0.717, 1.165) is 6.42 Å². The van der Waals surface area contributed by atoms with Crippen LogP contribution in [0.25, 0.3) is 0 Å². The van der Waals surface area contributed by atoms with Gasteiger partial charge in [0, 0.05) is 12.2 Å². The summed E-state index contributed by atoms with van der Waals surface area (Å²) in [5, 5.41) is 2.75. The number of anilines is 1. The van der Waals surface area contributed by atoms with Crippen molar-refractivity contribution in [3.63, 3.8) is 0 Å². The molecule has 1 aliphatic rings. The third kappa shape index (κ3) is 4.23. The van der Waals surface area contributed by atoms with E-state index >= 15 is 0 Å². The molecule has 0 bridgehead atoms. The van der Waals surface area contributed by atoms with Crippen molar-refractivity contribution in [1.82, 2.24) is 4.31 Å². The summed E-state index contributed by atoms with van der Waals surface area (Å²) in [4.78, 5) is 24.5. The standard InChI is InChI=1S/C20H22N2O5S/c1-27-20(24)15-10-12-16(13-11-15)21-19(23)18-9-5-6-14-22(18)28(25,26)17-7-3-2-4-8-17/h2-4,7-8,10-13,18H,5-6,9,14H2,1H3,(H,21,23)/t18-/m1/s1. The van der Waals surface area contributed by atoms with Crippen molar-refractivity contribution >= 4 is 27.6 Å². The maximum Gasteiger partial charge on any atom is 0.337 e. The van der Waals surface area contributed by atoms with Crippen LogP contribution in [0.15, 0.2) is 59.5 Å². The fraction of sp³-hybridized carbons (Fsp3) is 0.300. The monoisotopic (exact) mass is 402 g/mol. The molecule has 2 aromatic rings. The van der Waals surface area contributed by atoms with Gasteiger partial charge in [0.05, 0.1) is 17.6 Å². The molecular weight excluding hydrogens is 380 g/mol. The minimum atomic E-state index is -3.76. The number of methoxy groups -OCH3 is 1. The number of nitrogens with one attached hydrogen (secondary N) is 1. The first-order valence-electron chi connectivity index (χ1n) is 8.99. The molecule has 28 heavy (non-hydrogen) atoms. The Hall–Kier alpha value is -2.71. The van der Waals surface area contributed by atoms with Gasteiger partial charge in [-0.05, 0) is 49.2 Å². The van der Waals surface area contributed by atoms with Crippen molar-refractivity contribution in [2.45, 2.75) is 30.2 Å². The smallest absolute Gasteiger partial charge is 0.337 e. The average Bonchev–Trinajstić information content (AvgIpc) is 2.74. The van der Waals surface area contributed by atoms with E-state index in [1.807, 2.05) is 0 Å². The number of carbonyl (C=O) groups is 2. The van der Waals surface area contributed by atoms with Crippen molar-refractivity contribution in [1.29, 1.82) is 0 Å². The first-order valence-corrected chi connectivity index (χ1v) is 10.4. The van der Waals surface area contributed by atoms with Gasteiger partial charge in [-0.1, -0.05) is 24.6 Å². The molecule has 3 rings (SSSR count). The fourth-order valence-electron chi connectivity index (χ4n) is 3.22. The third-order valence-corrected chi connectivity index (χ3v) is 6.60. The number of hydrogen-bond acceptors (Lipinski definition) is 5. The molecule has 0 aromatic heterocycles. The van der Waals surface area contributed by atoms with E-state index in [1.165, 1.54) is 23.5 Å². The lowest BCUT2D eigenvalue weighted by atomic mass is 10.0. The maximum atomic E-state index is 13.0. The molecule has 2 aromatic carbocycles. The van der Waals surface area contributed by atoms with E-state index in [1.54, 1.807) is 42.5 Å². The Morgan fingerprint density at radius 1 is 1.04 bits per heavy atom. The Labute approximate surface area is 164 Å². The van der Waals surface area contributed by atoms with E-state index in [9.17, 15) is 18.0 Å². The molecule has 7 nitrogen and oxygen atoms in total. The SMILES string of the molecule is COC(=O)c1ccc(NC(=O)[C@H]2CCCCN2S(=O)(=O)c2ccccc2)cc1. The van der Waals surface area contributed by atoms with Gasteiger partial charge in [-0.25, -0.2) is 13.2 Å². The number of carbonyl (C=O) groups excluding carboxylic acids is 2. The van der Waals surface area contributed by atoms with Gasteiger partial charge in [-0.3, -0.25) is 4.79 Å². The van der Waals surface area contributed by atoms with E-state index in [2.05, 4.69) is 10.1 Å². The zero-order valence-electron chi connectivity index (χ0n) is 15.5. The number of nitrogens with zero attached hydrogens (tertiary/aromatic N) is 1. The van der Waals surface area contributed by atoms with Gasteiger partial charge >= 0.3 is 5.97 Å². The molecule has 1 aliphatic heterocycles. The molecule has 1 heterocycles. The lowest BCUT2D eigenvalue weighted by Gasteiger charge is -2.33. The van der Waals surface area contributed by atoms with Crippen LogP contribution in [0, 0.1) is 0 Å². The first-order chi connectivity index (χ1) is 13.4. The molecule has 0 aliphatic carbocycles. The van der Waals surface area contributed by atoms with Crippen LogP contribution < -0.4 is 5.32 Å². The van der Waals surface area contributed by atoms with E-state index < -0.39 is 22.0 Å². The predicted molar refractivity (Wildman–Crippen MR) is 104 cm³/mol. The first kappa shape index (κ1) is 20.0. The highest BCUT2D eigenvalue weighted by Crippen LogP contribution is 2.26. The predicted octanol–water partition coefficient (Wildman–Crippen LogP) is 2.66. The molecular formula is C20H22N2O5S. The second-order valence-electron chi connectivity index (χ2n) is 6.50.